The monoisotopic (exact) mass is 275 g/mol. The first-order valence-electron chi connectivity index (χ1n) is 4.29. The molecular formula is C9H10BrNO2S. The van der Waals surface area contributed by atoms with E-state index in [9.17, 15) is 4.79 Å². The van der Waals surface area contributed by atoms with E-state index in [4.69, 9.17) is 4.74 Å². The van der Waals surface area contributed by atoms with E-state index < -0.39 is 0 Å². The fraction of sp³-hybridized carbons (Fsp3) is 0.444. The molecule has 0 amide bonds. The molecule has 76 valence electrons. The summed E-state index contributed by atoms with van der Waals surface area (Å²) in [5.41, 5.74) is 1.28. The molecule has 5 heteroatoms. The topological polar surface area (TPSA) is 38.3 Å². The summed E-state index contributed by atoms with van der Waals surface area (Å²) in [7, 11) is 1.42. The average Bonchev–Trinajstić information content (AvgIpc) is 2.55. The summed E-state index contributed by atoms with van der Waals surface area (Å²) in [6, 6.07) is 1.92. The SMILES string of the molecule is COC(=O)[C@@H]1Cc2sc(Br)cc2CN1. The van der Waals surface area contributed by atoms with Crippen LogP contribution < -0.4 is 5.32 Å². The van der Waals surface area contributed by atoms with Gasteiger partial charge in [0.05, 0.1) is 10.9 Å². The van der Waals surface area contributed by atoms with Gasteiger partial charge in [-0.15, -0.1) is 11.3 Å². The second kappa shape index (κ2) is 4.00. The zero-order chi connectivity index (χ0) is 10.1. The van der Waals surface area contributed by atoms with Crippen LogP contribution in [0.15, 0.2) is 9.85 Å². The molecule has 1 aromatic rings. The Hall–Kier alpha value is -0.390. The fourth-order valence-corrected chi connectivity index (χ4v) is 3.36. The maximum absolute atomic E-state index is 11.3. The van der Waals surface area contributed by atoms with E-state index in [1.807, 2.05) is 0 Å². The highest BCUT2D eigenvalue weighted by Gasteiger charge is 2.26. The number of esters is 1. The van der Waals surface area contributed by atoms with Crippen LogP contribution in [-0.4, -0.2) is 19.1 Å². The maximum atomic E-state index is 11.3. The zero-order valence-electron chi connectivity index (χ0n) is 7.67. The standard InChI is InChI=1S/C9H10BrNO2S/c1-13-9(12)6-3-7-5(4-11-6)2-8(10)14-7/h2,6,11H,3-4H2,1H3/t6-/m0/s1. The number of carbonyl (C=O) groups is 1. The number of halogens is 1. The summed E-state index contributed by atoms with van der Waals surface area (Å²) >= 11 is 5.13. The van der Waals surface area contributed by atoms with Crippen molar-refractivity contribution in [3.63, 3.8) is 0 Å². The van der Waals surface area contributed by atoms with Crippen molar-refractivity contribution in [3.8, 4) is 0 Å². The number of thiophene rings is 1. The van der Waals surface area contributed by atoms with Gasteiger partial charge < -0.3 is 4.74 Å². The Morgan fingerprint density at radius 2 is 2.57 bits per heavy atom. The molecule has 1 aliphatic rings. The Morgan fingerprint density at radius 1 is 1.79 bits per heavy atom. The molecule has 0 unspecified atom stereocenters. The molecule has 14 heavy (non-hydrogen) atoms. The predicted molar refractivity (Wildman–Crippen MR) is 58.4 cm³/mol. The van der Waals surface area contributed by atoms with Crippen LogP contribution in [0.25, 0.3) is 0 Å². The summed E-state index contributed by atoms with van der Waals surface area (Å²) in [6.45, 7) is 0.747. The molecule has 0 aliphatic carbocycles. The second-order valence-corrected chi connectivity index (χ2v) is 5.68. The van der Waals surface area contributed by atoms with Crippen molar-refractivity contribution < 1.29 is 9.53 Å². The number of methoxy groups -OCH3 is 1. The van der Waals surface area contributed by atoms with Gasteiger partial charge in [-0.1, -0.05) is 0 Å². The summed E-state index contributed by atoms with van der Waals surface area (Å²) in [6.07, 6.45) is 0.734. The van der Waals surface area contributed by atoms with Crippen molar-refractivity contribution in [3.05, 3.63) is 20.3 Å². The highest BCUT2D eigenvalue weighted by molar-refractivity contribution is 9.11. The van der Waals surface area contributed by atoms with E-state index in [0.717, 1.165) is 16.8 Å². The Kier molecular flexibility index (Phi) is 2.90. The lowest BCUT2D eigenvalue weighted by Crippen LogP contribution is -2.41. The van der Waals surface area contributed by atoms with Gasteiger partial charge in [-0.2, -0.15) is 0 Å². The number of rotatable bonds is 1. The molecule has 1 aromatic heterocycles. The summed E-state index contributed by atoms with van der Waals surface area (Å²) in [4.78, 5) is 12.6. The van der Waals surface area contributed by atoms with Crippen LogP contribution >= 0.6 is 27.3 Å². The Bertz CT molecular complexity index is 364. The van der Waals surface area contributed by atoms with Gasteiger partial charge in [0.1, 0.15) is 6.04 Å². The molecule has 2 heterocycles. The normalized spacial score (nSPS) is 20.3. The van der Waals surface area contributed by atoms with Crippen LogP contribution in [0.5, 0.6) is 0 Å². The quantitative estimate of drug-likeness (QED) is 0.793. The summed E-state index contributed by atoms with van der Waals surface area (Å²) < 4.78 is 5.82. The number of fused-ring (bicyclic) bond motifs is 1. The second-order valence-electron chi connectivity index (χ2n) is 3.16. The number of hydrogen-bond acceptors (Lipinski definition) is 4. The molecule has 1 atom stereocenters. The van der Waals surface area contributed by atoms with E-state index in [1.165, 1.54) is 17.6 Å². The molecule has 0 bridgehead atoms. The van der Waals surface area contributed by atoms with Crippen LogP contribution in [0.1, 0.15) is 10.4 Å². The zero-order valence-corrected chi connectivity index (χ0v) is 10.1. The first-order chi connectivity index (χ1) is 6.70. The Morgan fingerprint density at radius 3 is 3.29 bits per heavy atom. The van der Waals surface area contributed by atoms with Crippen LogP contribution in [-0.2, 0) is 22.5 Å². The van der Waals surface area contributed by atoms with E-state index in [1.54, 1.807) is 11.3 Å². The molecule has 3 nitrogen and oxygen atoms in total. The average molecular weight is 276 g/mol. The van der Waals surface area contributed by atoms with Crippen molar-refractivity contribution >= 4 is 33.2 Å². The van der Waals surface area contributed by atoms with Gasteiger partial charge in [0.25, 0.3) is 0 Å². The number of ether oxygens (including phenoxy) is 1. The molecule has 0 radical (unpaired) electrons. The largest absolute Gasteiger partial charge is 0.468 e. The molecule has 2 rings (SSSR count). The Labute approximate surface area is 94.6 Å². The van der Waals surface area contributed by atoms with Gasteiger partial charge in [-0.25, -0.2) is 0 Å². The van der Waals surface area contributed by atoms with Crippen molar-refractivity contribution in [2.75, 3.05) is 7.11 Å². The third-order valence-electron chi connectivity index (χ3n) is 2.28. The van der Waals surface area contributed by atoms with E-state index in [-0.39, 0.29) is 12.0 Å². The smallest absolute Gasteiger partial charge is 0.323 e. The van der Waals surface area contributed by atoms with Gasteiger partial charge in [-0.3, -0.25) is 10.1 Å². The number of carbonyl (C=O) groups excluding carboxylic acids is 1. The van der Waals surface area contributed by atoms with Crippen LogP contribution in [0, 0.1) is 0 Å². The molecule has 0 spiro atoms. The molecule has 1 aliphatic heterocycles. The lowest BCUT2D eigenvalue weighted by atomic mass is 10.1. The minimum absolute atomic E-state index is 0.180. The molecular weight excluding hydrogens is 266 g/mol. The van der Waals surface area contributed by atoms with Gasteiger partial charge >= 0.3 is 5.97 Å². The fourth-order valence-electron chi connectivity index (χ4n) is 1.55. The first-order valence-corrected chi connectivity index (χ1v) is 5.90. The molecule has 0 aromatic carbocycles. The lowest BCUT2D eigenvalue weighted by molar-refractivity contribution is -0.143. The van der Waals surface area contributed by atoms with Crippen molar-refractivity contribution in [1.29, 1.82) is 0 Å². The van der Waals surface area contributed by atoms with Crippen molar-refractivity contribution in [2.24, 2.45) is 0 Å². The van der Waals surface area contributed by atoms with Crippen LogP contribution in [0.3, 0.4) is 0 Å². The summed E-state index contributed by atoms with van der Waals surface area (Å²) in [5, 5.41) is 3.15. The van der Waals surface area contributed by atoms with E-state index in [0.29, 0.717) is 0 Å². The number of nitrogens with one attached hydrogen (secondary N) is 1. The highest BCUT2D eigenvalue weighted by Crippen LogP contribution is 2.30. The third-order valence-corrected chi connectivity index (χ3v) is 3.98. The third kappa shape index (κ3) is 1.85. The van der Waals surface area contributed by atoms with Gasteiger partial charge in [0, 0.05) is 17.8 Å². The Balaban J connectivity index is 2.16. The molecule has 0 fully saturated rings. The number of hydrogen-bond donors (Lipinski definition) is 1. The van der Waals surface area contributed by atoms with Crippen LogP contribution in [0.2, 0.25) is 0 Å². The predicted octanol–water partition coefficient (Wildman–Crippen LogP) is 1.70. The lowest BCUT2D eigenvalue weighted by Gasteiger charge is -2.21. The molecule has 0 saturated heterocycles. The first kappa shape index (κ1) is 10.1. The minimum Gasteiger partial charge on any atom is -0.468 e. The maximum Gasteiger partial charge on any atom is 0.323 e. The van der Waals surface area contributed by atoms with Crippen LogP contribution in [0.4, 0.5) is 0 Å². The van der Waals surface area contributed by atoms with E-state index in [2.05, 4.69) is 27.3 Å². The van der Waals surface area contributed by atoms with Gasteiger partial charge in [0.2, 0.25) is 0 Å². The minimum atomic E-state index is -0.182. The molecule has 0 saturated carbocycles. The van der Waals surface area contributed by atoms with Crippen molar-refractivity contribution in [1.82, 2.24) is 5.32 Å². The van der Waals surface area contributed by atoms with Gasteiger partial charge in [0.15, 0.2) is 0 Å². The highest BCUT2D eigenvalue weighted by atomic mass is 79.9. The van der Waals surface area contributed by atoms with E-state index >= 15 is 0 Å². The van der Waals surface area contributed by atoms with Crippen molar-refractivity contribution in [2.45, 2.75) is 19.0 Å². The summed E-state index contributed by atoms with van der Waals surface area (Å²) in [5.74, 6) is -0.180. The van der Waals surface area contributed by atoms with Gasteiger partial charge in [-0.05, 0) is 27.6 Å². The molecule has 1 N–H and O–H groups in total.